The monoisotopic (exact) mass is 394 g/mol. The molecule has 0 atom stereocenters. The predicted molar refractivity (Wildman–Crippen MR) is 102 cm³/mol. The fourth-order valence-electron chi connectivity index (χ4n) is 2.93. The Bertz CT molecular complexity index is 1180. The Morgan fingerprint density at radius 2 is 1.72 bits per heavy atom. The van der Waals surface area contributed by atoms with E-state index in [0.717, 1.165) is 12.4 Å². The summed E-state index contributed by atoms with van der Waals surface area (Å²) in [6.45, 7) is 0. The van der Waals surface area contributed by atoms with Crippen LogP contribution in [0, 0.1) is 0 Å². The zero-order chi connectivity index (χ0) is 20.4. The molecule has 2 aromatic carbocycles. The zero-order valence-corrected chi connectivity index (χ0v) is 14.8. The molecule has 29 heavy (non-hydrogen) atoms. The van der Waals surface area contributed by atoms with Crippen molar-refractivity contribution in [3.8, 4) is 11.1 Å². The molecule has 0 unspecified atom stereocenters. The molecule has 1 amide bonds. The molecule has 1 N–H and O–H groups in total. The molecular formula is C21H13F3N4O. The van der Waals surface area contributed by atoms with E-state index in [2.05, 4.69) is 20.3 Å². The number of carbonyl (C=O) groups excluding carboxylic acids is 1. The number of nitrogens with one attached hydrogen (secondary N) is 1. The van der Waals surface area contributed by atoms with Crippen molar-refractivity contribution in [1.82, 2.24) is 15.0 Å². The topological polar surface area (TPSA) is 67.8 Å². The van der Waals surface area contributed by atoms with Crippen LogP contribution in [-0.2, 0) is 6.18 Å². The molecule has 0 bridgehead atoms. The van der Waals surface area contributed by atoms with E-state index in [0.29, 0.717) is 22.5 Å². The van der Waals surface area contributed by atoms with Crippen molar-refractivity contribution >= 4 is 22.6 Å². The second-order valence-electron chi connectivity index (χ2n) is 6.23. The number of anilines is 1. The van der Waals surface area contributed by atoms with Crippen LogP contribution in [0.15, 0.2) is 73.3 Å². The summed E-state index contributed by atoms with van der Waals surface area (Å²) in [6, 6.07) is 14.1. The van der Waals surface area contributed by atoms with E-state index in [1.807, 2.05) is 0 Å². The summed E-state index contributed by atoms with van der Waals surface area (Å²) in [5, 5.41) is 2.94. The molecule has 0 fully saturated rings. The first-order valence-corrected chi connectivity index (χ1v) is 8.55. The van der Waals surface area contributed by atoms with Gasteiger partial charge in [-0.05, 0) is 47.5 Å². The molecule has 0 radical (unpaired) electrons. The first kappa shape index (κ1) is 18.5. The van der Waals surface area contributed by atoms with E-state index in [1.165, 1.54) is 6.20 Å². The van der Waals surface area contributed by atoms with Crippen LogP contribution in [0.5, 0.6) is 0 Å². The van der Waals surface area contributed by atoms with Gasteiger partial charge in [0.05, 0.1) is 11.1 Å². The van der Waals surface area contributed by atoms with Crippen molar-refractivity contribution in [3.63, 3.8) is 0 Å². The zero-order valence-electron chi connectivity index (χ0n) is 14.8. The van der Waals surface area contributed by atoms with E-state index in [9.17, 15) is 18.0 Å². The number of hydrogen-bond acceptors (Lipinski definition) is 4. The Balaban J connectivity index is 1.67. The van der Waals surface area contributed by atoms with Gasteiger partial charge < -0.3 is 5.32 Å². The smallest absolute Gasteiger partial charge is 0.307 e. The molecule has 5 nitrogen and oxygen atoms in total. The third-order valence-corrected chi connectivity index (χ3v) is 4.30. The van der Waals surface area contributed by atoms with Gasteiger partial charge in [-0.3, -0.25) is 4.79 Å². The van der Waals surface area contributed by atoms with Crippen LogP contribution in [-0.4, -0.2) is 20.9 Å². The van der Waals surface area contributed by atoms with Gasteiger partial charge in [0.1, 0.15) is 12.1 Å². The van der Waals surface area contributed by atoms with Gasteiger partial charge in [-0.1, -0.05) is 18.2 Å². The van der Waals surface area contributed by atoms with E-state index in [-0.39, 0.29) is 16.8 Å². The molecule has 4 rings (SSSR count). The largest absolute Gasteiger partial charge is 0.418 e. The van der Waals surface area contributed by atoms with Crippen molar-refractivity contribution in [3.05, 3.63) is 84.4 Å². The minimum Gasteiger partial charge on any atom is -0.307 e. The number of carbonyl (C=O) groups is 1. The minimum atomic E-state index is -4.55. The standard InChI is InChI=1S/C21H13F3N4O/c22-21(23,24)17-10-15(9-16-11-25-12-27-19(16)17)13-4-6-14(7-5-13)20(29)28-18-3-1-2-8-26-18/h1-12H,(H,26,28,29). The van der Waals surface area contributed by atoms with Gasteiger partial charge in [-0.2, -0.15) is 13.2 Å². The van der Waals surface area contributed by atoms with Gasteiger partial charge in [-0.15, -0.1) is 0 Å². The third-order valence-electron chi connectivity index (χ3n) is 4.30. The number of pyridine rings is 1. The molecule has 2 aromatic heterocycles. The van der Waals surface area contributed by atoms with Crippen LogP contribution in [0.25, 0.3) is 22.0 Å². The first-order valence-electron chi connectivity index (χ1n) is 8.55. The Morgan fingerprint density at radius 3 is 2.41 bits per heavy atom. The highest BCUT2D eigenvalue weighted by atomic mass is 19.4. The summed E-state index contributed by atoms with van der Waals surface area (Å²) in [7, 11) is 0. The third kappa shape index (κ3) is 3.91. The minimum absolute atomic E-state index is 0.150. The Hall–Kier alpha value is -3.81. The van der Waals surface area contributed by atoms with Crippen LogP contribution in [0.4, 0.5) is 19.0 Å². The van der Waals surface area contributed by atoms with Gasteiger partial charge in [0.2, 0.25) is 0 Å². The number of fused-ring (bicyclic) bond motifs is 1. The van der Waals surface area contributed by atoms with Crippen LogP contribution < -0.4 is 5.32 Å². The maximum Gasteiger partial charge on any atom is 0.418 e. The second-order valence-corrected chi connectivity index (χ2v) is 6.23. The fourth-order valence-corrected chi connectivity index (χ4v) is 2.93. The molecule has 0 aliphatic carbocycles. The van der Waals surface area contributed by atoms with Gasteiger partial charge >= 0.3 is 6.18 Å². The molecule has 8 heteroatoms. The Kier molecular flexibility index (Phi) is 4.67. The van der Waals surface area contributed by atoms with Crippen molar-refractivity contribution in [2.45, 2.75) is 6.18 Å². The van der Waals surface area contributed by atoms with Crippen LogP contribution in [0.2, 0.25) is 0 Å². The summed E-state index contributed by atoms with van der Waals surface area (Å²) >= 11 is 0. The van der Waals surface area contributed by atoms with Gasteiger partial charge in [0, 0.05) is 23.3 Å². The maximum atomic E-state index is 13.5. The molecule has 0 spiro atoms. The maximum absolute atomic E-state index is 13.5. The molecule has 0 aliphatic heterocycles. The number of nitrogens with zero attached hydrogens (tertiary/aromatic N) is 3. The van der Waals surface area contributed by atoms with Gasteiger partial charge in [0.25, 0.3) is 5.91 Å². The molecule has 2 heterocycles. The normalized spacial score (nSPS) is 11.4. The van der Waals surface area contributed by atoms with E-state index < -0.39 is 11.7 Å². The van der Waals surface area contributed by atoms with Crippen LogP contribution in [0.3, 0.4) is 0 Å². The Morgan fingerprint density at radius 1 is 0.931 bits per heavy atom. The highest BCUT2D eigenvalue weighted by molar-refractivity contribution is 6.04. The Labute approximate surface area is 163 Å². The molecule has 144 valence electrons. The summed E-state index contributed by atoms with van der Waals surface area (Å²) in [4.78, 5) is 23.9. The fraction of sp³-hybridized carbons (Fsp3) is 0.0476. The van der Waals surface area contributed by atoms with E-state index in [4.69, 9.17) is 0 Å². The average Bonchev–Trinajstić information content (AvgIpc) is 2.73. The molecule has 0 aliphatic rings. The van der Waals surface area contributed by atoms with Crippen molar-refractivity contribution in [1.29, 1.82) is 0 Å². The molecule has 0 saturated carbocycles. The quantitative estimate of drug-likeness (QED) is 0.533. The average molecular weight is 394 g/mol. The lowest BCUT2D eigenvalue weighted by Gasteiger charge is -2.12. The SMILES string of the molecule is O=C(Nc1ccccn1)c1ccc(-c2cc(C(F)(F)F)c3ncncc3c2)cc1. The van der Waals surface area contributed by atoms with Gasteiger partial charge in [-0.25, -0.2) is 15.0 Å². The number of aromatic nitrogens is 3. The number of halogens is 3. The summed E-state index contributed by atoms with van der Waals surface area (Å²) < 4.78 is 40.4. The van der Waals surface area contributed by atoms with Crippen LogP contribution in [0.1, 0.15) is 15.9 Å². The summed E-state index contributed by atoms with van der Waals surface area (Å²) in [6.07, 6.45) is -0.562. The van der Waals surface area contributed by atoms with Crippen LogP contribution >= 0.6 is 0 Å². The molecule has 0 saturated heterocycles. The lowest BCUT2D eigenvalue weighted by Crippen LogP contribution is -2.12. The van der Waals surface area contributed by atoms with E-state index in [1.54, 1.807) is 54.7 Å². The molecular weight excluding hydrogens is 381 g/mol. The number of benzene rings is 2. The number of hydrogen-bond donors (Lipinski definition) is 1. The summed E-state index contributed by atoms with van der Waals surface area (Å²) in [5.74, 6) is 0.0454. The second kappa shape index (κ2) is 7.31. The highest BCUT2D eigenvalue weighted by Crippen LogP contribution is 2.37. The highest BCUT2D eigenvalue weighted by Gasteiger charge is 2.34. The predicted octanol–water partition coefficient (Wildman–Crippen LogP) is 4.96. The van der Waals surface area contributed by atoms with E-state index >= 15 is 0 Å². The lowest BCUT2D eigenvalue weighted by atomic mass is 9.99. The van der Waals surface area contributed by atoms with Crippen molar-refractivity contribution in [2.75, 3.05) is 5.32 Å². The van der Waals surface area contributed by atoms with Crippen molar-refractivity contribution in [2.24, 2.45) is 0 Å². The number of amides is 1. The first-order chi connectivity index (χ1) is 13.9. The number of alkyl halides is 3. The summed E-state index contributed by atoms with van der Waals surface area (Å²) in [5.41, 5.74) is 0.276. The molecule has 4 aromatic rings. The van der Waals surface area contributed by atoms with Crippen molar-refractivity contribution < 1.29 is 18.0 Å². The number of rotatable bonds is 3. The van der Waals surface area contributed by atoms with Gasteiger partial charge in [0.15, 0.2) is 0 Å². The lowest BCUT2D eigenvalue weighted by molar-refractivity contribution is -0.136.